The molecule has 0 bridgehead atoms. The van der Waals surface area contributed by atoms with Gasteiger partial charge in [0.2, 0.25) is 5.91 Å². The number of hydrogen-bond acceptors (Lipinski definition) is 3. The van der Waals surface area contributed by atoms with E-state index in [9.17, 15) is 18.0 Å². The number of piperazine rings is 1. The van der Waals surface area contributed by atoms with Gasteiger partial charge in [-0.05, 0) is 13.8 Å². The molecule has 1 heterocycles. The van der Waals surface area contributed by atoms with E-state index >= 15 is 0 Å². The molecule has 1 aliphatic heterocycles. The van der Waals surface area contributed by atoms with Crippen LogP contribution >= 0.6 is 0 Å². The van der Waals surface area contributed by atoms with Crippen LogP contribution < -0.4 is 0 Å². The SMILES string of the molecule is CN1CCN(CC(C#N)C(F)(F)F)C(C)(C)C1=O. The molecular formula is C11H16F3N3O. The lowest BCUT2D eigenvalue weighted by molar-refractivity contribution is -0.172. The second-order valence-corrected chi connectivity index (χ2v) is 4.96. The molecule has 1 atom stereocenters. The van der Waals surface area contributed by atoms with Crippen molar-refractivity contribution in [3.05, 3.63) is 0 Å². The third-order valence-corrected chi connectivity index (χ3v) is 3.32. The minimum Gasteiger partial charge on any atom is -0.343 e. The minimum absolute atomic E-state index is 0.229. The van der Waals surface area contributed by atoms with E-state index in [1.807, 2.05) is 0 Å². The molecule has 1 saturated heterocycles. The average molecular weight is 263 g/mol. The van der Waals surface area contributed by atoms with Crippen LogP contribution in [0.2, 0.25) is 0 Å². The van der Waals surface area contributed by atoms with E-state index < -0.39 is 24.2 Å². The van der Waals surface area contributed by atoms with Gasteiger partial charge in [-0.15, -0.1) is 0 Å². The van der Waals surface area contributed by atoms with Crippen molar-refractivity contribution < 1.29 is 18.0 Å². The highest BCUT2D eigenvalue weighted by Crippen LogP contribution is 2.30. The maximum Gasteiger partial charge on any atom is 0.405 e. The zero-order valence-corrected chi connectivity index (χ0v) is 10.6. The van der Waals surface area contributed by atoms with Gasteiger partial charge in [0.25, 0.3) is 0 Å². The van der Waals surface area contributed by atoms with Gasteiger partial charge in [0.05, 0.1) is 11.6 Å². The Labute approximate surface area is 104 Å². The first-order valence-corrected chi connectivity index (χ1v) is 5.57. The summed E-state index contributed by atoms with van der Waals surface area (Å²) in [6.45, 7) is 3.40. The quantitative estimate of drug-likeness (QED) is 0.753. The average Bonchev–Trinajstić information content (AvgIpc) is 2.23. The smallest absolute Gasteiger partial charge is 0.343 e. The Morgan fingerprint density at radius 1 is 1.44 bits per heavy atom. The molecule has 4 nitrogen and oxygen atoms in total. The molecule has 1 fully saturated rings. The van der Waals surface area contributed by atoms with Crippen molar-refractivity contribution in [2.45, 2.75) is 25.6 Å². The van der Waals surface area contributed by atoms with E-state index in [-0.39, 0.29) is 5.91 Å². The van der Waals surface area contributed by atoms with Crippen LogP contribution in [0.15, 0.2) is 0 Å². The number of carbonyl (C=O) groups excluding carboxylic acids is 1. The maximum atomic E-state index is 12.6. The van der Waals surface area contributed by atoms with Crippen LogP contribution in [0.4, 0.5) is 13.2 Å². The molecule has 0 aromatic heterocycles. The lowest BCUT2D eigenvalue weighted by Crippen LogP contribution is -2.63. The fourth-order valence-electron chi connectivity index (χ4n) is 2.01. The van der Waals surface area contributed by atoms with Crippen LogP contribution in [-0.4, -0.2) is 54.1 Å². The monoisotopic (exact) mass is 263 g/mol. The number of rotatable bonds is 2. The topological polar surface area (TPSA) is 47.3 Å². The van der Waals surface area contributed by atoms with Crippen LogP contribution in [0.5, 0.6) is 0 Å². The number of amides is 1. The van der Waals surface area contributed by atoms with E-state index in [1.54, 1.807) is 20.9 Å². The Morgan fingerprint density at radius 3 is 2.44 bits per heavy atom. The van der Waals surface area contributed by atoms with Crippen molar-refractivity contribution in [1.82, 2.24) is 9.80 Å². The molecule has 1 amide bonds. The second kappa shape index (κ2) is 4.76. The molecule has 1 aliphatic rings. The van der Waals surface area contributed by atoms with Crippen molar-refractivity contribution in [3.63, 3.8) is 0 Å². The maximum absolute atomic E-state index is 12.6. The van der Waals surface area contributed by atoms with Crippen LogP contribution in [-0.2, 0) is 4.79 Å². The summed E-state index contributed by atoms with van der Waals surface area (Å²) in [6.07, 6.45) is -4.56. The summed E-state index contributed by atoms with van der Waals surface area (Å²) in [7, 11) is 1.62. The molecule has 0 aromatic carbocycles. The number of alkyl halides is 3. The zero-order chi connectivity index (χ0) is 14.1. The standard InChI is InChI=1S/C11H16F3N3O/c1-10(2)9(18)16(3)4-5-17(10)7-8(6-15)11(12,13)14/h8H,4-5,7H2,1-3H3. The highest BCUT2D eigenvalue weighted by Gasteiger charge is 2.46. The number of halogens is 3. The van der Waals surface area contributed by atoms with Crippen molar-refractivity contribution >= 4 is 5.91 Å². The molecule has 7 heteroatoms. The van der Waals surface area contributed by atoms with E-state index in [2.05, 4.69) is 0 Å². The van der Waals surface area contributed by atoms with Crippen molar-refractivity contribution in [2.24, 2.45) is 5.92 Å². The van der Waals surface area contributed by atoms with E-state index in [0.29, 0.717) is 13.1 Å². The minimum atomic E-state index is -4.56. The van der Waals surface area contributed by atoms with E-state index in [4.69, 9.17) is 5.26 Å². The number of hydrogen-bond donors (Lipinski definition) is 0. The van der Waals surface area contributed by atoms with E-state index in [0.717, 1.165) is 0 Å². The molecule has 18 heavy (non-hydrogen) atoms. The molecular weight excluding hydrogens is 247 g/mol. The molecule has 0 saturated carbocycles. The van der Waals surface area contributed by atoms with Gasteiger partial charge < -0.3 is 4.90 Å². The van der Waals surface area contributed by atoms with Gasteiger partial charge >= 0.3 is 6.18 Å². The summed E-state index contributed by atoms with van der Waals surface area (Å²) in [5.74, 6) is -2.29. The summed E-state index contributed by atoms with van der Waals surface area (Å²) < 4.78 is 37.7. The molecule has 1 unspecified atom stereocenters. The van der Waals surface area contributed by atoms with Gasteiger partial charge in [-0.2, -0.15) is 18.4 Å². The summed E-state index contributed by atoms with van der Waals surface area (Å²) in [4.78, 5) is 14.8. The lowest BCUT2D eigenvalue weighted by atomic mass is 9.96. The molecule has 0 radical (unpaired) electrons. The summed E-state index contributed by atoms with van der Waals surface area (Å²) in [5.41, 5.74) is -1.01. The van der Waals surface area contributed by atoms with E-state index in [1.165, 1.54) is 15.9 Å². The number of carbonyl (C=O) groups is 1. The third kappa shape index (κ3) is 2.75. The van der Waals surface area contributed by atoms with Crippen molar-refractivity contribution in [2.75, 3.05) is 26.7 Å². The first-order chi connectivity index (χ1) is 8.10. The van der Waals surface area contributed by atoms with Crippen LogP contribution in [0.25, 0.3) is 0 Å². The number of likely N-dealkylation sites (N-methyl/N-ethyl adjacent to an activating group) is 1. The number of nitrogens with zero attached hydrogens (tertiary/aromatic N) is 3. The fraction of sp³-hybridized carbons (Fsp3) is 0.818. The zero-order valence-electron chi connectivity index (χ0n) is 10.6. The highest BCUT2D eigenvalue weighted by atomic mass is 19.4. The largest absolute Gasteiger partial charge is 0.405 e. The molecule has 1 rings (SSSR count). The normalized spacial score (nSPS) is 22.7. The molecule has 0 aromatic rings. The summed E-state index contributed by atoms with van der Waals surface area (Å²) in [5, 5.41) is 8.59. The van der Waals surface area contributed by atoms with Crippen molar-refractivity contribution in [3.8, 4) is 6.07 Å². The first kappa shape index (κ1) is 14.8. The molecule has 0 spiro atoms. The van der Waals surface area contributed by atoms with Crippen LogP contribution in [0.1, 0.15) is 13.8 Å². The van der Waals surface area contributed by atoms with Gasteiger partial charge in [0, 0.05) is 26.7 Å². The Bertz CT molecular complexity index is 373. The second-order valence-electron chi connectivity index (χ2n) is 4.96. The van der Waals surface area contributed by atoms with Gasteiger partial charge in [-0.25, -0.2) is 0 Å². The Morgan fingerprint density at radius 2 is 2.00 bits per heavy atom. The predicted molar refractivity (Wildman–Crippen MR) is 58.4 cm³/mol. The molecule has 0 aliphatic carbocycles. The van der Waals surface area contributed by atoms with Crippen molar-refractivity contribution in [1.29, 1.82) is 5.26 Å². The molecule has 102 valence electrons. The van der Waals surface area contributed by atoms with Gasteiger partial charge in [-0.1, -0.05) is 0 Å². The Hall–Kier alpha value is -1.29. The highest BCUT2D eigenvalue weighted by molar-refractivity contribution is 5.86. The van der Waals surface area contributed by atoms with Gasteiger partial charge in [-0.3, -0.25) is 9.69 Å². The third-order valence-electron chi connectivity index (χ3n) is 3.32. The van der Waals surface area contributed by atoms with Crippen LogP contribution in [0, 0.1) is 17.2 Å². The van der Waals surface area contributed by atoms with Crippen LogP contribution in [0.3, 0.4) is 0 Å². The predicted octanol–water partition coefficient (Wildman–Crippen LogP) is 1.24. The van der Waals surface area contributed by atoms with Gasteiger partial charge in [0.15, 0.2) is 5.92 Å². The first-order valence-electron chi connectivity index (χ1n) is 5.57. The van der Waals surface area contributed by atoms with Gasteiger partial charge in [0.1, 0.15) is 0 Å². The molecule has 0 N–H and O–H groups in total. The number of nitriles is 1. The Kier molecular flexibility index (Phi) is 3.91. The lowest BCUT2D eigenvalue weighted by Gasteiger charge is -2.45. The fourth-order valence-corrected chi connectivity index (χ4v) is 2.01. The Balaban J connectivity index is 2.85. The summed E-state index contributed by atoms with van der Waals surface area (Å²) >= 11 is 0. The summed E-state index contributed by atoms with van der Waals surface area (Å²) in [6, 6.07) is 1.26.